The van der Waals surface area contributed by atoms with Gasteiger partial charge in [0.05, 0.1) is 6.54 Å². The number of hydrogen-bond donors (Lipinski definition) is 3. The van der Waals surface area contributed by atoms with Crippen LogP contribution in [0.15, 0.2) is 60.7 Å². The summed E-state index contributed by atoms with van der Waals surface area (Å²) in [6.07, 6.45) is 5.65. The third kappa shape index (κ3) is 8.93. The molecule has 2 aromatic rings. The zero-order valence-electron chi connectivity index (χ0n) is 18.8. The molecule has 0 saturated heterocycles. The molecule has 2 rings (SSSR count). The normalized spacial score (nSPS) is 11.8. The molecule has 5 N–H and O–H groups in total. The molecule has 0 saturated carbocycles. The van der Waals surface area contributed by atoms with Crippen LogP contribution in [-0.4, -0.2) is 30.9 Å². The SMILES string of the molecule is CCC[C@@H](NC(=O)CCCCC[NH3+])C(=O)NCCC(c1ccccc1)c1ccccc1. The minimum absolute atomic E-state index is 0.0379. The van der Waals surface area contributed by atoms with Crippen LogP contribution in [0.4, 0.5) is 0 Å². The highest BCUT2D eigenvalue weighted by molar-refractivity contribution is 5.87. The summed E-state index contributed by atoms with van der Waals surface area (Å²) in [6, 6.07) is 20.3. The number of hydrogen-bond acceptors (Lipinski definition) is 2. The van der Waals surface area contributed by atoms with Gasteiger partial charge in [0.25, 0.3) is 0 Å². The minimum Gasteiger partial charge on any atom is -0.358 e. The van der Waals surface area contributed by atoms with E-state index in [1.165, 1.54) is 11.1 Å². The van der Waals surface area contributed by atoms with Gasteiger partial charge in [-0.3, -0.25) is 9.59 Å². The van der Waals surface area contributed by atoms with Gasteiger partial charge in [0.15, 0.2) is 0 Å². The predicted octanol–water partition coefficient (Wildman–Crippen LogP) is 3.41. The summed E-state index contributed by atoms with van der Waals surface area (Å²) < 4.78 is 0. The van der Waals surface area contributed by atoms with Crippen LogP contribution in [0, 0.1) is 0 Å². The fourth-order valence-electron chi connectivity index (χ4n) is 3.82. The van der Waals surface area contributed by atoms with Gasteiger partial charge in [0.1, 0.15) is 6.04 Å². The van der Waals surface area contributed by atoms with Gasteiger partial charge in [0.2, 0.25) is 11.8 Å². The van der Waals surface area contributed by atoms with Crippen molar-refractivity contribution < 1.29 is 15.3 Å². The molecule has 0 aromatic heterocycles. The fourth-order valence-corrected chi connectivity index (χ4v) is 3.82. The lowest BCUT2D eigenvalue weighted by Crippen LogP contribution is -2.50. The zero-order chi connectivity index (χ0) is 22.3. The Morgan fingerprint density at radius 3 is 2.03 bits per heavy atom. The van der Waals surface area contributed by atoms with E-state index in [2.05, 4.69) is 40.6 Å². The molecule has 31 heavy (non-hydrogen) atoms. The van der Waals surface area contributed by atoms with Crippen LogP contribution >= 0.6 is 0 Å². The lowest BCUT2D eigenvalue weighted by atomic mass is 9.88. The van der Waals surface area contributed by atoms with E-state index >= 15 is 0 Å². The standard InChI is InChI=1S/C26H37N3O2/c1-2-12-24(29-25(30)17-10-5-11-19-27)26(31)28-20-18-23(21-13-6-3-7-14-21)22-15-8-4-9-16-22/h3-4,6-9,13-16,23-24H,2,5,10-12,17-20,27H2,1H3,(H,28,31)(H,29,30)/p+1/t24-/m1/s1. The second kappa shape index (κ2) is 14.4. The molecule has 0 fully saturated rings. The summed E-state index contributed by atoms with van der Waals surface area (Å²) in [5.41, 5.74) is 6.30. The number of nitrogens with one attached hydrogen (secondary N) is 2. The second-order valence-electron chi connectivity index (χ2n) is 8.03. The number of rotatable bonds is 14. The molecular formula is C26H38N3O2+. The van der Waals surface area contributed by atoms with Gasteiger partial charge in [-0.2, -0.15) is 0 Å². The van der Waals surface area contributed by atoms with E-state index in [1.807, 2.05) is 43.3 Å². The second-order valence-corrected chi connectivity index (χ2v) is 8.03. The average Bonchev–Trinajstić information content (AvgIpc) is 2.80. The summed E-state index contributed by atoms with van der Waals surface area (Å²) in [5.74, 6) is 0.0897. The van der Waals surface area contributed by atoms with Gasteiger partial charge in [-0.1, -0.05) is 74.0 Å². The summed E-state index contributed by atoms with van der Waals surface area (Å²) in [4.78, 5) is 25.0. The zero-order valence-corrected chi connectivity index (χ0v) is 18.8. The van der Waals surface area contributed by atoms with E-state index in [9.17, 15) is 9.59 Å². The molecule has 0 aliphatic heterocycles. The van der Waals surface area contributed by atoms with Crippen molar-refractivity contribution >= 4 is 11.8 Å². The molecule has 2 aromatic carbocycles. The van der Waals surface area contributed by atoms with Crippen molar-refractivity contribution in [3.8, 4) is 0 Å². The first-order valence-electron chi connectivity index (χ1n) is 11.6. The van der Waals surface area contributed by atoms with Crippen molar-refractivity contribution in [2.75, 3.05) is 13.1 Å². The van der Waals surface area contributed by atoms with Crippen molar-refractivity contribution in [1.29, 1.82) is 0 Å². The lowest BCUT2D eigenvalue weighted by molar-refractivity contribution is -0.368. The summed E-state index contributed by atoms with van der Waals surface area (Å²) in [6.45, 7) is 3.49. The maximum absolute atomic E-state index is 12.8. The van der Waals surface area contributed by atoms with Crippen LogP contribution in [0.1, 0.15) is 68.9 Å². The first-order chi connectivity index (χ1) is 15.2. The third-order valence-electron chi connectivity index (χ3n) is 5.52. The number of benzene rings is 2. The van der Waals surface area contributed by atoms with E-state index in [1.54, 1.807) is 0 Å². The van der Waals surface area contributed by atoms with Gasteiger partial charge in [-0.25, -0.2) is 0 Å². The third-order valence-corrected chi connectivity index (χ3v) is 5.52. The average molecular weight is 425 g/mol. The summed E-state index contributed by atoms with van der Waals surface area (Å²) in [7, 11) is 0. The Hall–Kier alpha value is -2.66. The van der Waals surface area contributed by atoms with E-state index < -0.39 is 6.04 Å². The van der Waals surface area contributed by atoms with Crippen molar-refractivity contribution in [2.45, 2.75) is 63.8 Å². The van der Waals surface area contributed by atoms with Crippen LogP contribution < -0.4 is 16.4 Å². The van der Waals surface area contributed by atoms with Crippen LogP contribution in [0.2, 0.25) is 0 Å². The highest BCUT2D eigenvalue weighted by Crippen LogP contribution is 2.27. The first-order valence-corrected chi connectivity index (χ1v) is 11.6. The molecule has 0 radical (unpaired) electrons. The van der Waals surface area contributed by atoms with Gasteiger partial charge < -0.3 is 16.4 Å². The Kier molecular flexibility index (Phi) is 11.4. The molecule has 0 unspecified atom stereocenters. The Bertz CT molecular complexity index is 725. The largest absolute Gasteiger partial charge is 0.358 e. The molecule has 0 bridgehead atoms. The van der Waals surface area contributed by atoms with Gasteiger partial charge in [0, 0.05) is 18.9 Å². The maximum atomic E-state index is 12.8. The quantitative estimate of drug-likeness (QED) is 0.406. The number of amides is 2. The van der Waals surface area contributed by atoms with Gasteiger partial charge in [-0.15, -0.1) is 0 Å². The Morgan fingerprint density at radius 1 is 0.871 bits per heavy atom. The number of quaternary nitrogens is 1. The molecule has 0 heterocycles. The van der Waals surface area contributed by atoms with E-state index in [4.69, 9.17) is 0 Å². The highest BCUT2D eigenvalue weighted by atomic mass is 16.2. The van der Waals surface area contributed by atoms with Crippen LogP contribution in [0.3, 0.4) is 0 Å². The van der Waals surface area contributed by atoms with Gasteiger partial charge in [-0.05, 0) is 43.2 Å². The number of unbranched alkanes of at least 4 members (excludes halogenated alkanes) is 2. The fraction of sp³-hybridized carbons (Fsp3) is 0.462. The minimum atomic E-state index is -0.461. The molecule has 2 amide bonds. The Morgan fingerprint density at radius 2 is 1.48 bits per heavy atom. The maximum Gasteiger partial charge on any atom is 0.242 e. The smallest absolute Gasteiger partial charge is 0.242 e. The first kappa shape index (κ1) is 24.6. The van der Waals surface area contributed by atoms with E-state index in [0.29, 0.717) is 19.4 Å². The van der Waals surface area contributed by atoms with Crippen molar-refractivity contribution in [2.24, 2.45) is 0 Å². The van der Waals surface area contributed by atoms with E-state index in [0.717, 1.165) is 38.6 Å². The molecule has 168 valence electrons. The number of carbonyl (C=O) groups is 2. The van der Waals surface area contributed by atoms with Crippen molar-refractivity contribution in [1.82, 2.24) is 10.6 Å². The van der Waals surface area contributed by atoms with Gasteiger partial charge >= 0.3 is 0 Å². The molecule has 0 aliphatic carbocycles. The summed E-state index contributed by atoms with van der Waals surface area (Å²) >= 11 is 0. The van der Waals surface area contributed by atoms with Crippen molar-refractivity contribution in [3.63, 3.8) is 0 Å². The van der Waals surface area contributed by atoms with Crippen LogP contribution in [0.5, 0.6) is 0 Å². The predicted molar refractivity (Wildman–Crippen MR) is 125 cm³/mol. The van der Waals surface area contributed by atoms with Crippen LogP contribution in [-0.2, 0) is 9.59 Å². The topological polar surface area (TPSA) is 85.8 Å². The monoisotopic (exact) mass is 424 g/mol. The molecule has 1 atom stereocenters. The molecule has 0 aliphatic rings. The Balaban J connectivity index is 1.90. The number of carbonyl (C=O) groups excluding carboxylic acids is 2. The van der Waals surface area contributed by atoms with E-state index in [-0.39, 0.29) is 17.7 Å². The molecule has 5 heteroatoms. The van der Waals surface area contributed by atoms with Crippen LogP contribution in [0.25, 0.3) is 0 Å². The lowest BCUT2D eigenvalue weighted by Gasteiger charge is -2.21. The molecule has 0 spiro atoms. The van der Waals surface area contributed by atoms with Crippen molar-refractivity contribution in [3.05, 3.63) is 71.8 Å². The highest BCUT2D eigenvalue weighted by Gasteiger charge is 2.20. The Labute approximate surface area is 186 Å². The molecular weight excluding hydrogens is 386 g/mol. The molecule has 5 nitrogen and oxygen atoms in total. The summed E-state index contributed by atoms with van der Waals surface area (Å²) in [5, 5.41) is 5.99.